The molecule has 0 spiro atoms. The van der Waals surface area contributed by atoms with Gasteiger partial charge < -0.3 is 4.74 Å². The zero-order valence-electron chi connectivity index (χ0n) is 8.81. The van der Waals surface area contributed by atoms with Gasteiger partial charge in [-0.15, -0.1) is 0 Å². The minimum Gasteiger partial charge on any atom is -0.374 e. The first-order valence-electron chi connectivity index (χ1n) is 4.48. The molecule has 1 aromatic rings. The van der Waals surface area contributed by atoms with Gasteiger partial charge in [0, 0.05) is 23.4 Å². The second-order valence-electron chi connectivity index (χ2n) is 3.21. The topological polar surface area (TPSA) is 60.4 Å². The minimum atomic E-state index is -3.81. The lowest BCUT2D eigenvalue weighted by Gasteiger charge is -2.08. The molecule has 1 atom stereocenters. The molecule has 0 heterocycles. The van der Waals surface area contributed by atoms with Crippen molar-refractivity contribution in [1.29, 1.82) is 0 Å². The number of rotatable bonds is 4. The van der Waals surface area contributed by atoms with E-state index in [1.54, 1.807) is 6.92 Å². The molecule has 0 aliphatic carbocycles. The predicted octanol–water partition coefficient (Wildman–Crippen LogP) is 1.83. The van der Waals surface area contributed by atoms with Crippen LogP contribution in [0.4, 0.5) is 0 Å². The molecule has 16 heavy (non-hydrogen) atoms. The van der Waals surface area contributed by atoms with Gasteiger partial charge in [0.2, 0.25) is 0 Å². The molecule has 1 aromatic carbocycles. The summed E-state index contributed by atoms with van der Waals surface area (Å²) in [6, 6.07) is 5.55. The van der Waals surface area contributed by atoms with Crippen molar-refractivity contribution in [2.45, 2.75) is 17.9 Å². The van der Waals surface area contributed by atoms with Crippen molar-refractivity contribution in [3.8, 4) is 0 Å². The van der Waals surface area contributed by atoms with E-state index in [-0.39, 0.29) is 16.2 Å². The van der Waals surface area contributed by atoms with Crippen LogP contribution in [-0.4, -0.2) is 27.4 Å². The lowest BCUT2D eigenvalue weighted by atomic mass is 10.1. The molecule has 0 aliphatic rings. The van der Waals surface area contributed by atoms with Crippen molar-refractivity contribution in [2.24, 2.45) is 0 Å². The fourth-order valence-electron chi connectivity index (χ4n) is 1.14. The number of benzene rings is 1. The van der Waals surface area contributed by atoms with Crippen molar-refractivity contribution in [2.75, 3.05) is 7.11 Å². The van der Waals surface area contributed by atoms with Crippen LogP contribution in [0.2, 0.25) is 0 Å². The Morgan fingerprint density at radius 2 is 2.06 bits per heavy atom. The van der Waals surface area contributed by atoms with Crippen LogP contribution < -0.4 is 0 Å². The smallest absolute Gasteiger partial charge is 0.261 e. The maximum Gasteiger partial charge on any atom is 0.261 e. The summed E-state index contributed by atoms with van der Waals surface area (Å²) in [6.45, 7) is 1.59. The number of halogens is 1. The van der Waals surface area contributed by atoms with Crippen LogP contribution >= 0.6 is 10.7 Å². The van der Waals surface area contributed by atoms with Crippen LogP contribution in [0.3, 0.4) is 0 Å². The highest BCUT2D eigenvalue weighted by Crippen LogP contribution is 2.17. The van der Waals surface area contributed by atoms with Gasteiger partial charge in [0.15, 0.2) is 5.78 Å². The molecule has 0 saturated heterocycles. The van der Waals surface area contributed by atoms with Crippen LogP contribution in [0.15, 0.2) is 29.2 Å². The van der Waals surface area contributed by atoms with E-state index in [9.17, 15) is 13.2 Å². The van der Waals surface area contributed by atoms with Crippen LogP contribution in [0.25, 0.3) is 0 Å². The van der Waals surface area contributed by atoms with E-state index in [2.05, 4.69) is 0 Å². The molecule has 1 rings (SSSR count). The highest BCUT2D eigenvalue weighted by atomic mass is 35.7. The normalized spacial score (nSPS) is 13.4. The van der Waals surface area contributed by atoms with Crippen molar-refractivity contribution >= 4 is 25.5 Å². The summed E-state index contributed by atoms with van der Waals surface area (Å²) in [7, 11) is 2.77. The van der Waals surface area contributed by atoms with Crippen LogP contribution in [0, 0.1) is 0 Å². The lowest BCUT2D eigenvalue weighted by molar-refractivity contribution is 0.0655. The first-order valence-corrected chi connectivity index (χ1v) is 6.79. The zero-order valence-corrected chi connectivity index (χ0v) is 10.4. The Labute approximate surface area is 98.6 Å². The highest BCUT2D eigenvalue weighted by Gasteiger charge is 2.17. The van der Waals surface area contributed by atoms with Crippen LogP contribution in [-0.2, 0) is 13.8 Å². The molecular formula is C10H11ClO4S. The Morgan fingerprint density at radius 3 is 2.56 bits per heavy atom. The van der Waals surface area contributed by atoms with Gasteiger partial charge in [-0.05, 0) is 19.1 Å². The number of ether oxygens (including phenoxy) is 1. The molecule has 0 N–H and O–H groups in total. The molecule has 4 nitrogen and oxygen atoms in total. The fourth-order valence-corrected chi connectivity index (χ4v) is 1.94. The van der Waals surface area contributed by atoms with Crippen LogP contribution in [0.5, 0.6) is 0 Å². The average molecular weight is 263 g/mol. The first kappa shape index (κ1) is 13.2. The summed E-state index contributed by atoms with van der Waals surface area (Å²) < 4.78 is 27.0. The largest absolute Gasteiger partial charge is 0.374 e. The number of ketones is 1. The molecular weight excluding hydrogens is 252 g/mol. The molecule has 1 unspecified atom stereocenters. The van der Waals surface area contributed by atoms with Gasteiger partial charge in [0.25, 0.3) is 9.05 Å². The number of methoxy groups -OCH3 is 1. The Hall–Kier alpha value is -0.910. The summed E-state index contributed by atoms with van der Waals surface area (Å²) >= 11 is 0. The van der Waals surface area contributed by atoms with E-state index in [1.807, 2.05) is 0 Å². The predicted molar refractivity (Wildman–Crippen MR) is 60.3 cm³/mol. The van der Waals surface area contributed by atoms with Gasteiger partial charge >= 0.3 is 0 Å². The van der Waals surface area contributed by atoms with E-state index in [0.717, 1.165) is 0 Å². The van der Waals surface area contributed by atoms with E-state index in [1.165, 1.54) is 31.4 Å². The van der Waals surface area contributed by atoms with Gasteiger partial charge in [0.1, 0.15) is 6.10 Å². The number of hydrogen-bond donors (Lipinski definition) is 0. The van der Waals surface area contributed by atoms with Gasteiger partial charge in [-0.1, -0.05) is 12.1 Å². The Morgan fingerprint density at radius 1 is 1.44 bits per heavy atom. The summed E-state index contributed by atoms with van der Waals surface area (Å²) in [5, 5.41) is 0. The maximum absolute atomic E-state index is 11.7. The quantitative estimate of drug-likeness (QED) is 0.614. The molecule has 0 aliphatic heterocycles. The average Bonchev–Trinajstić information content (AvgIpc) is 2.26. The number of hydrogen-bond acceptors (Lipinski definition) is 4. The monoisotopic (exact) mass is 262 g/mol. The van der Waals surface area contributed by atoms with Gasteiger partial charge in [-0.3, -0.25) is 4.79 Å². The zero-order chi connectivity index (χ0) is 12.3. The van der Waals surface area contributed by atoms with Crippen molar-refractivity contribution in [1.82, 2.24) is 0 Å². The number of carbonyl (C=O) groups excluding carboxylic acids is 1. The Kier molecular flexibility index (Phi) is 4.07. The minimum absolute atomic E-state index is 0.0941. The third-order valence-electron chi connectivity index (χ3n) is 2.12. The SMILES string of the molecule is COC(C)C(=O)c1cccc(S(=O)(=O)Cl)c1. The number of carbonyl (C=O) groups is 1. The molecule has 88 valence electrons. The third kappa shape index (κ3) is 3.04. The molecule has 0 radical (unpaired) electrons. The van der Waals surface area contributed by atoms with Gasteiger partial charge in [-0.25, -0.2) is 8.42 Å². The van der Waals surface area contributed by atoms with E-state index in [4.69, 9.17) is 15.4 Å². The Bertz CT molecular complexity index is 495. The summed E-state index contributed by atoms with van der Waals surface area (Å²) in [6.07, 6.45) is -0.617. The molecule has 0 saturated carbocycles. The highest BCUT2D eigenvalue weighted by molar-refractivity contribution is 8.13. The van der Waals surface area contributed by atoms with Gasteiger partial charge in [0.05, 0.1) is 4.90 Å². The molecule has 0 bridgehead atoms. The molecule has 0 fully saturated rings. The summed E-state index contributed by atoms with van der Waals surface area (Å²) in [5.74, 6) is -0.287. The van der Waals surface area contributed by atoms with E-state index >= 15 is 0 Å². The van der Waals surface area contributed by atoms with Gasteiger partial charge in [-0.2, -0.15) is 0 Å². The third-order valence-corrected chi connectivity index (χ3v) is 3.47. The van der Waals surface area contributed by atoms with E-state index in [0.29, 0.717) is 0 Å². The molecule has 0 amide bonds. The maximum atomic E-state index is 11.7. The summed E-state index contributed by atoms with van der Waals surface area (Å²) in [5.41, 5.74) is 0.260. The second-order valence-corrected chi connectivity index (χ2v) is 5.77. The number of Topliss-reactive ketones (excluding diaryl/α,β-unsaturated/α-hetero) is 1. The molecule has 6 heteroatoms. The fraction of sp³-hybridized carbons (Fsp3) is 0.300. The Balaban J connectivity index is 3.14. The summed E-state index contributed by atoms with van der Waals surface area (Å²) in [4.78, 5) is 11.6. The van der Waals surface area contributed by atoms with Crippen LogP contribution in [0.1, 0.15) is 17.3 Å². The first-order chi connectivity index (χ1) is 7.36. The van der Waals surface area contributed by atoms with E-state index < -0.39 is 15.2 Å². The van der Waals surface area contributed by atoms with Crippen molar-refractivity contribution in [3.63, 3.8) is 0 Å². The second kappa shape index (κ2) is 4.95. The molecule has 0 aromatic heterocycles. The lowest BCUT2D eigenvalue weighted by Crippen LogP contribution is -2.19. The standard InChI is InChI=1S/C10H11ClO4S/c1-7(15-2)10(12)8-4-3-5-9(6-8)16(11,13)14/h3-7H,1-2H3. The van der Waals surface area contributed by atoms with Crippen molar-refractivity contribution in [3.05, 3.63) is 29.8 Å². The van der Waals surface area contributed by atoms with Crippen molar-refractivity contribution < 1.29 is 17.9 Å².